The zero-order chi connectivity index (χ0) is 13.8. The highest BCUT2D eigenvalue weighted by Gasteiger charge is 2.11. The van der Waals surface area contributed by atoms with Crippen LogP contribution in [0.25, 0.3) is 0 Å². The summed E-state index contributed by atoms with van der Waals surface area (Å²) < 4.78 is 0.928. The summed E-state index contributed by atoms with van der Waals surface area (Å²) in [7, 11) is 1.94. The van der Waals surface area contributed by atoms with Crippen molar-refractivity contribution in [1.29, 1.82) is 0 Å². The summed E-state index contributed by atoms with van der Waals surface area (Å²) in [5.74, 6) is 0.118. The molecule has 2 nitrogen and oxygen atoms in total. The molecule has 0 aromatic heterocycles. The molecule has 0 saturated carbocycles. The van der Waals surface area contributed by atoms with E-state index in [-0.39, 0.29) is 5.78 Å². The lowest BCUT2D eigenvalue weighted by molar-refractivity contribution is 0.100. The number of halogens is 1. The standard InChI is InChI=1S/C16H16BrNO/c1-12-6-3-4-9-15(12)18(2)11-16(19)13-7-5-8-14(17)10-13/h3-10H,11H2,1-2H3. The van der Waals surface area contributed by atoms with Crippen LogP contribution in [0, 0.1) is 6.92 Å². The van der Waals surface area contributed by atoms with Crippen molar-refractivity contribution in [2.45, 2.75) is 6.92 Å². The topological polar surface area (TPSA) is 20.3 Å². The van der Waals surface area contributed by atoms with Crippen molar-refractivity contribution in [3.8, 4) is 0 Å². The van der Waals surface area contributed by atoms with Crippen LogP contribution in [0.2, 0.25) is 0 Å². The molecule has 0 unspecified atom stereocenters. The van der Waals surface area contributed by atoms with E-state index in [1.165, 1.54) is 5.56 Å². The Morgan fingerprint density at radius 2 is 1.89 bits per heavy atom. The van der Waals surface area contributed by atoms with Gasteiger partial charge in [0.25, 0.3) is 0 Å². The van der Waals surface area contributed by atoms with E-state index < -0.39 is 0 Å². The number of para-hydroxylation sites is 1. The molecule has 0 atom stereocenters. The van der Waals surface area contributed by atoms with Crippen molar-refractivity contribution >= 4 is 27.4 Å². The lowest BCUT2D eigenvalue weighted by Gasteiger charge is -2.20. The first-order valence-corrected chi connectivity index (χ1v) is 6.93. The normalized spacial score (nSPS) is 10.3. The maximum atomic E-state index is 12.2. The summed E-state index contributed by atoms with van der Waals surface area (Å²) in [6.07, 6.45) is 0. The van der Waals surface area contributed by atoms with Gasteiger partial charge in [-0.05, 0) is 30.7 Å². The monoisotopic (exact) mass is 317 g/mol. The summed E-state index contributed by atoms with van der Waals surface area (Å²) in [6.45, 7) is 2.43. The zero-order valence-corrected chi connectivity index (χ0v) is 12.6. The third kappa shape index (κ3) is 3.44. The largest absolute Gasteiger partial charge is 0.367 e. The van der Waals surface area contributed by atoms with Crippen molar-refractivity contribution in [2.75, 3.05) is 18.5 Å². The number of aryl methyl sites for hydroxylation is 1. The summed E-state index contributed by atoms with van der Waals surface area (Å²) >= 11 is 3.39. The van der Waals surface area contributed by atoms with Gasteiger partial charge in [-0.25, -0.2) is 0 Å². The number of benzene rings is 2. The highest BCUT2D eigenvalue weighted by Crippen LogP contribution is 2.19. The van der Waals surface area contributed by atoms with Gasteiger partial charge in [0.15, 0.2) is 5.78 Å². The van der Waals surface area contributed by atoms with Gasteiger partial charge >= 0.3 is 0 Å². The minimum atomic E-state index is 0.118. The third-order valence-corrected chi connectivity index (χ3v) is 3.55. The highest BCUT2D eigenvalue weighted by atomic mass is 79.9. The fraction of sp³-hybridized carbons (Fsp3) is 0.188. The molecule has 0 bridgehead atoms. The van der Waals surface area contributed by atoms with Crippen molar-refractivity contribution in [1.82, 2.24) is 0 Å². The van der Waals surface area contributed by atoms with Crippen LogP contribution in [0.4, 0.5) is 5.69 Å². The molecule has 19 heavy (non-hydrogen) atoms. The predicted octanol–water partition coefficient (Wildman–Crippen LogP) is 4.08. The summed E-state index contributed by atoms with van der Waals surface area (Å²) in [6, 6.07) is 15.6. The van der Waals surface area contributed by atoms with E-state index in [0.717, 1.165) is 15.7 Å². The van der Waals surface area contributed by atoms with E-state index in [2.05, 4.69) is 28.9 Å². The van der Waals surface area contributed by atoms with E-state index in [4.69, 9.17) is 0 Å². The van der Waals surface area contributed by atoms with Gasteiger partial charge in [-0.1, -0.05) is 46.3 Å². The number of ketones is 1. The molecule has 0 amide bonds. The maximum absolute atomic E-state index is 12.2. The number of carbonyl (C=O) groups excluding carboxylic acids is 1. The van der Waals surface area contributed by atoms with Gasteiger partial charge < -0.3 is 4.90 Å². The molecule has 0 N–H and O–H groups in total. The fourth-order valence-electron chi connectivity index (χ4n) is 2.05. The van der Waals surface area contributed by atoms with E-state index in [0.29, 0.717) is 6.54 Å². The molecule has 3 heteroatoms. The molecule has 0 heterocycles. The van der Waals surface area contributed by atoms with Crippen molar-refractivity contribution in [3.63, 3.8) is 0 Å². The van der Waals surface area contributed by atoms with Gasteiger partial charge in [0.2, 0.25) is 0 Å². The Kier molecular flexibility index (Phi) is 4.38. The van der Waals surface area contributed by atoms with Crippen LogP contribution in [0.5, 0.6) is 0 Å². The van der Waals surface area contributed by atoms with Gasteiger partial charge in [0, 0.05) is 22.8 Å². The predicted molar refractivity (Wildman–Crippen MR) is 82.9 cm³/mol. The minimum Gasteiger partial charge on any atom is -0.367 e. The number of carbonyl (C=O) groups is 1. The van der Waals surface area contributed by atoms with Crippen LogP contribution in [0.3, 0.4) is 0 Å². The fourth-order valence-corrected chi connectivity index (χ4v) is 2.44. The smallest absolute Gasteiger partial charge is 0.182 e. The Morgan fingerprint density at radius 3 is 2.58 bits per heavy atom. The van der Waals surface area contributed by atoms with Gasteiger partial charge in [-0.3, -0.25) is 4.79 Å². The number of anilines is 1. The molecule has 0 spiro atoms. The second kappa shape index (κ2) is 6.02. The molecule has 0 radical (unpaired) electrons. The summed E-state index contributed by atoms with van der Waals surface area (Å²) in [5, 5.41) is 0. The molecule has 0 fully saturated rings. The van der Waals surface area contributed by atoms with Crippen LogP contribution in [0.1, 0.15) is 15.9 Å². The second-order valence-electron chi connectivity index (χ2n) is 4.58. The van der Waals surface area contributed by atoms with E-state index in [1.807, 2.05) is 54.4 Å². The highest BCUT2D eigenvalue weighted by molar-refractivity contribution is 9.10. The Labute approximate surface area is 122 Å². The quantitative estimate of drug-likeness (QED) is 0.792. The first-order valence-electron chi connectivity index (χ1n) is 6.13. The number of rotatable bonds is 4. The van der Waals surface area contributed by atoms with E-state index >= 15 is 0 Å². The van der Waals surface area contributed by atoms with Crippen LogP contribution >= 0.6 is 15.9 Å². The lowest BCUT2D eigenvalue weighted by Crippen LogP contribution is -2.26. The van der Waals surface area contributed by atoms with E-state index in [9.17, 15) is 4.79 Å². The van der Waals surface area contributed by atoms with Gasteiger partial charge in [0.05, 0.1) is 6.54 Å². The van der Waals surface area contributed by atoms with Gasteiger partial charge in [0.1, 0.15) is 0 Å². The summed E-state index contributed by atoms with van der Waals surface area (Å²) in [4.78, 5) is 14.2. The van der Waals surface area contributed by atoms with Gasteiger partial charge in [-0.15, -0.1) is 0 Å². The molecular formula is C16H16BrNO. The second-order valence-corrected chi connectivity index (χ2v) is 5.49. The molecule has 0 aliphatic rings. The van der Waals surface area contributed by atoms with Crippen LogP contribution in [-0.4, -0.2) is 19.4 Å². The number of hydrogen-bond donors (Lipinski definition) is 0. The van der Waals surface area contributed by atoms with E-state index in [1.54, 1.807) is 0 Å². The number of Topliss-reactive ketones (excluding diaryl/α,β-unsaturated/α-hetero) is 1. The lowest BCUT2D eigenvalue weighted by atomic mass is 10.1. The molecule has 2 rings (SSSR count). The third-order valence-electron chi connectivity index (χ3n) is 3.05. The van der Waals surface area contributed by atoms with Crippen LogP contribution in [-0.2, 0) is 0 Å². The number of nitrogens with zero attached hydrogens (tertiary/aromatic N) is 1. The molecule has 2 aromatic rings. The average molecular weight is 318 g/mol. The molecule has 0 aliphatic carbocycles. The summed E-state index contributed by atoms with van der Waals surface area (Å²) in [5.41, 5.74) is 2.99. The number of hydrogen-bond acceptors (Lipinski definition) is 2. The van der Waals surface area contributed by atoms with Gasteiger partial charge in [-0.2, -0.15) is 0 Å². The Balaban J connectivity index is 2.13. The first kappa shape index (κ1) is 13.8. The molecule has 0 saturated heterocycles. The number of likely N-dealkylation sites (N-methyl/N-ethyl adjacent to an activating group) is 1. The Hall–Kier alpha value is -1.61. The van der Waals surface area contributed by atoms with Crippen LogP contribution in [0.15, 0.2) is 53.0 Å². The maximum Gasteiger partial charge on any atom is 0.182 e. The zero-order valence-electron chi connectivity index (χ0n) is 11.1. The minimum absolute atomic E-state index is 0.118. The Morgan fingerprint density at radius 1 is 1.16 bits per heavy atom. The Bertz CT molecular complexity index is 595. The van der Waals surface area contributed by atoms with Crippen LogP contribution < -0.4 is 4.90 Å². The average Bonchev–Trinajstić information content (AvgIpc) is 2.39. The molecule has 2 aromatic carbocycles. The first-order chi connectivity index (χ1) is 9.08. The van der Waals surface area contributed by atoms with Crippen molar-refractivity contribution in [2.24, 2.45) is 0 Å². The molecule has 98 valence electrons. The van der Waals surface area contributed by atoms with Crippen molar-refractivity contribution in [3.05, 3.63) is 64.1 Å². The van der Waals surface area contributed by atoms with Crippen molar-refractivity contribution < 1.29 is 4.79 Å². The SMILES string of the molecule is Cc1ccccc1N(C)CC(=O)c1cccc(Br)c1. The molecule has 0 aliphatic heterocycles. The molecular weight excluding hydrogens is 302 g/mol.